The summed E-state index contributed by atoms with van der Waals surface area (Å²) in [5, 5.41) is 1.24. The summed E-state index contributed by atoms with van der Waals surface area (Å²) in [4.78, 5) is 22.7. The van der Waals surface area contributed by atoms with Gasteiger partial charge in [-0.3, -0.25) is 0 Å². The fraction of sp³-hybridized carbons (Fsp3) is 0.214. The number of carbonyl (C=O) groups is 1. The molecule has 0 spiro atoms. The first-order valence-corrected chi connectivity index (χ1v) is 6.52. The van der Waals surface area contributed by atoms with Crippen LogP contribution in [0.2, 0.25) is 5.15 Å². The lowest BCUT2D eigenvalue weighted by atomic mass is 9.94. The fourth-order valence-electron chi connectivity index (χ4n) is 2.25. The maximum atomic E-state index is 11.4. The van der Waals surface area contributed by atoms with E-state index < -0.39 is 0 Å². The Kier molecular flexibility index (Phi) is 3.28. The van der Waals surface area contributed by atoms with Crippen molar-refractivity contribution in [2.75, 3.05) is 7.11 Å². The highest BCUT2D eigenvalue weighted by Crippen LogP contribution is 2.30. The summed E-state index contributed by atoms with van der Waals surface area (Å²) >= 11 is 6.03. The van der Waals surface area contributed by atoms with Crippen molar-refractivity contribution in [2.24, 2.45) is 0 Å². The summed E-state index contributed by atoms with van der Waals surface area (Å²) in [6.45, 7) is 0. The number of nitrogens with zero attached hydrogens (tertiary/aromatic N) is 2. The number of nitrogens with one attached hydrogen (secondary N) is 1. The zero-order chi connectivity index (χ0) is 14.1. The highest BCUT2D eigenvalue weighted by molar-refractivity contribution is 6.33. The number of methoxy groups -OCH3 is 1. The van der Waals surface area contributed by atoms with Crippen molar-refractivity contribution < 1.29 is 9.53 Å². The SMILES string of the molecule is COC(=O)C1=CCC(c2cc3c(Cl)ncnc3[nH]2)C=C1. The maximum Gasteiger partial charge on any atom is 0.337 e. The summed E-state index contributed by atoms with van der Waals surface area (Å²) in [7, 11) is 1.38. The molecule has 0 bridgehead atoms. The molecule has 2 aromatic heterocycles. The van der Waals surface area contributed by atoms with Gasteiger partial charge >= 0.3 is 5.97 Å². The van der Waals surface area contributed by atoms with E-state index in [2.05, 4.69) is 15.0 Å². The molecule has 0 saturated heterocycles. The van der Waals surface area contributed by atoms with Gasteiger partial charge in [0, 0.05) is 11.6 Å². The average molecular weight is 290 g/mol. The third-order valence-electron chi connectivity index (χ3n) is 3.32. The van der Waals surface area contributed by atoms with Gasteiger partial charge in [-0.15, -0.1) is 0 Å². The van der Waals surface area contributed by atoms with Crippen LogP contribution in [0.5, 0.6) is 0 Å². The molecule has 6 heteroatoms. The van der Waals surface area contributed by atoms with Crippen LogP contribution in [-0.2, 0) is 9.53 Å². The number of halogens is 1. The molecule has 20 heavy (non-hydrogen) atoms. The first kappa shape index (κ1) is 12.9. The largest absolute Gasteiger partial charge is 0.465 e. The van der Waals surface area contributed by atoms with Crippen molar-refractivity contribution in [3.05, 3.63) is 47.0 Å². The van der Waals surface area contributed by atoms with Gasteiger partial charge in [0.25, 0.3) is 0 Å². The Morgan fingerprint density at radius 3 is 3.00 bits per heavy atom. The summed E-state index contributed by atoms with van der Waals surface area (Å²) in [5.41, 5.74) is 2.30. The van der Waals surface area contributed by atoms with Crippen molar-refractivity contribution in [3.63, 3.8) is 0 Å². The van der Waals surface area contributed by atoms with Gasteiger partial charge in [-0.25, -0.2) is 14.8 Å². The van der Waals surface area contributed by atoms with E-state index in [1.165, 1.54) is 13.4 Å². The quantitative estimate of drug-likeness (QED) is 0.682. The molecule has 0 aromatic carbocycles. The number of hydrogen-bond donors (Lipinski definition) is 1. The summed E-state index contributed by atoms with van der Waals surface area (Å²) in [6.07, 6.45) is 7.77. The number of aromatic amines is 1. The van der Waals surface area contributed by atoms with Gasteiger partial charge in [-0.1, -0.05) is 29.8 Å². The lowest BCUT2D eigenvalue weighted by Gasteiger charge is -2.13. The summed E-state index contributed by atoms with van der Waals surface area (Å²) in [6, 6.07) is 1.95. The number of allylic oxidation sites excluding steroid dienone is 2. The van der Waals surface area contributed by atoms with Crippen LogP contribution in [0.4, 0.5) is 0 Å². The standard InChI is InChI=1S/C14H12ClN3O2/c1-20-14(19)9-4-2-8(3-5-9)11-6-10-12(15)16-7-17-13(10)18-11/h2,4-8H,3H2,1H3,(H,16,17,18). The van der Waals surface area contributed by atoms with Gasteiger partial charge in [0.05, 0.1) is 18.1 Å². The topological polar surface area (TPSA) is 67.9 Å². The molecule has 0 fully saturated rings. The van der Waals surface area contributed by atoms with Crippen LogP contribution in [0.15, 0.2) is 36.2 Å². The Morgan fingerprint density at radius 2 is 2.35 bits per heavy atom. The third-order valence-corrected chi connectivity index (χ3v) is 3.62. The second-order valence-electron chi connectivity index (χ2n) is 4.50. The number of H-pyrrole nitrogens is 1. The molecule has 0 saturated carbocycles. The number of hydrogen-bond acceptors (Lipinski definition) is 4. The monoisotopic (exact) mass is 289 g/mol. The van der Waals surface area contributed by atoms with Crippen molar-refractivity contribution in [1.29, 1.82) is 0 Å². The third kappa shape index (κ3) is 2.20. The van der Waals surface area contributed by atoms with Crippen molar-refractivity contribution >= 4 is 28.6 Å². The molecule has 1 atom stereocenters. The van der Waals surface area contributed by atoms with Crippen LogP contribution >= 0.6 is 11.6 Å². The van der Waals surface area contributed by atoms with Crippen LogP contribution in [-0.4, -0.2) is 28.0 Å². The van der Waals surface area contributed by atoms with E-state index in [0.717, 1.165) is 23.1 Å². The number of fused-ring (bicyclic) bond motifs is 1. The maximum absolute atomic E-state index is 11.4. The molecular weight excluding hydrogens is 278 g/mol. The lowest BCUT2D eigenvalue weighted by Crippen LogP contribution is -2.07. The van der Waals surface area contributed by atoms with Crippen LogP contribution in [0, 0.1) is 0 Å². The predicted octanol–water partition coefficient (Wildman–Crippen LogP) is 2.75. The van der Waals surface area contributed by atoms with Gasteiger partial charge < -0.3 is 9.72 Å². The van der Waals surface area contributed by atoms with Gasteiger partial charge in [-0.2, -0.15) is 0 Å². The molecule has 102 valence electrons. The van der Waals surface area contributed by atoms with E-state index in [0.29, 0.717) is 10.7 Å². The summed E-state index contributed by atoms with van der Waals surface area (Å²) < 4.78 is 4.69. The molecule has 2 aromatic rings. The number of aromatic nitrogens is 3. The van der Waals surface area contributed by atoms with Gasteiger partial charge in [0.2, 0.25) is 0 Å². The smallest absolute Gasteiger partial charge is 0.337 e. The first-order valence-electron chi connectivity index (χ1n) is 6.15. The molecular formula is C14H12ClN3O2. The van der Waals surface area contributed by atoms with Crippen molar-refractivity contribution in [1.82, 2.24) is 15.0 Å². The molecule has 1 aliphatic rings. The molecule has 0 radical (unpaired) electrons. The molecule has 2 heterocycles. The zero-order valence-electron chi connectivity index (χ0n) is 10.8. The van der Waals surface area contributed by atoms with E-state index in [9.17, 15) is 4.79 Å². The zero-order valence-corrected chi connectivity index (χ0v) is 11.5. The van der Waals surface area contributed by atoms with Crippen LogP contribution in [0.25, 0.3) is 11.0 Å². The molecule has 1 N–H and O–H groups in total. The molecule has 3 rings (SSSR count). The molecule has 5 nitrogen and oxygen atoms in total. The number of ether oxygens (including phenoxy) is 1. The van der Waals surface area contributed by atoms with E-state index in [1.54, 1.807) is 6.08 Å². The highest BCUT2D eigenvalue weighted by atomic mass is 35.5. The minimum Gasteiger partial charge on any atom is -0.465 e. The van der Waals surface area contributed by atoms with Gasteiger partial charge in [0.1, 0.15) is 17.1 Å². The van der Waals surface area contributed by atoms with E-state index in [1.807, 2.05) is 18.2 Å². The second kappa shape index (κ2) is 5.09. The normalized spacial score (nSPS) is 18.1. The predicted molar refractivity (Wildman–Crippen MR) is 75.5 cm³/mol. The number of rotatable bonds is 2. The minimum absolute atomic E-state index is 0.161. The van der Waals surface area contributed by atoms with E-state index in [-0.39, 0.29) is 11.9 Å². The van der Waals surface area contributed by atoms with Crippen LogP contribution in [0.1, 0.15) is 18.0 Å². The van der Waals surface area contributed by atoms with Crippen LogP contribution in [0.3, 0.4) is 0 Å². The van der Waals surface area contributed by atoms with Crippen LogP contribution < -0.4 is 0 Å². The van der Waals surface area contributed by atoms with E-state index in [4.69, 9.17) is 16.3 Å². The van der Waals surface area contributed by atoms with Gasteiger partial charge in [0.15, 0.2) is 0 Å². The lowest BCUT2D eigenvalue weighted by molar-refractivity contribution is -0.135. The number of carbonyl (C=O) groups excluding carboxylic acids is 1. The molecule has 0 aliphatic heterocycles. The Morgan fingerprint density at radius 1 is 1.50 bits per heavy atom. The molecule has 0 amide bonds. The average Bonchev–Trinajstić information content (AvgIpc) is 2.92. The Labute approximate surface area is 120 Å². The Balaban J connectivity index is 1.88. The minimum atomic E-state index is -0.315. The van der Waals surface area contributed by atoms with Gasteiger partial charge in [-0.05, 0) is 12.5 Å². The first-order chi connectivity index (χ1) is 9.69. The highest BCUT2D eigenvalue weighted by Gasteiger charge is 2.17. The molecule has 1 unspecified atom stereocenters. The second-order valence-corrected chi connectivity index (χ2v) is 4.86. The summed E-state index contributed by atoms with van der Waals surface area (Å²) in [5.74, 6) is -0.154. The fourth-order valence-corrected chi connectivity index (χ4v) is 2.44. The number of esters is 1. The van der Waals surface area contributed by atoms with Crippen molar-refractivity contribution in [3.8, 4) is 0 Å². The Hall–Kier alpha value is -2.14. The van der Waals surface area contributed by atoms with E-state index >= 15 is 0 Å². The molecule has 1 aliphatic carbocycles. The van der Waals surface area contributed by atoms with Crippen molar-refractivity contribution in [2.45, 2.75) is 12.3 Å². The Bertz CT molecular complexity index is 733.